The van der Waals surface area contributed by atoms with Crippen LogP contribution in [0.3, 0.4) is 0 Å². The predicted octanol–water partition coefficient (Wildman–Crippen LogP) is 14.8. The maximum absolute atomic E-state index is 13.1. The highest BCUT2D eigenvalue weighted by molar-refractivity contribution is 5.74. The highest BCUT2D eigenvalue weighted by atomic mass is 16.7. The Kier molecular flexibility index (Phi) is 45.5. The maximum atomic E-state index is 13.1. The SMILES string of the molecule is CC/C=C\C/C=C\C/C=C\C/C=C\CCCCCCC(=O)OCC(COC1OC(C(=O)O)C(O)C(O)C1OC(=O)CCCCCCCCCCCCC)OC(=O)CCCCCCC/C=C\CCCCCCCC. The summed E-state index contributed by atoms with van der Waals surface area (Å²) in [5.74, 6) is -3.15. The lowest BCUT2D eigenvalue weighted by Crippen LogP contribution is -2.61. The van der Waals surface area contributed by atoms with Gasteiger partial charge in [0.05, 0.1) is 6.61 Å². The van der Waals surface area contributed by atoms with E-state index in [2.05, 4.69) is 81.5 Å². The molecule has 0 spiro atoms. The Hall–Kier alpha value is -3.58. The molecule has 420 valence electrons. The van der Waals surface area contributed by atoms with Gasteiger partial charge in [-0.2, -0.15) is 0 Å². The van der Waals surface area contributed by atoms with Crippen molar-refractivity contribution in [1.82, 2.24) is 0 Å². The third-order valence-corrected chi connectivity index (χ3v) is 13.1. The van der Waals surface area contributed by atoms with E-state index in [1.54, 1.807) is 0 Å². The van der Waals surface area contributed by atoms with Crippen LogP contribution < -0.4 is 0 Å². The number of aliphatic hydroxyl groups is 2. The van der Waals surface area contributed by atoms with E-state index in [0.29, 0.717) is 19.3 Å². The van der Waals surface area contributed by atoms with Crippen molar-refractivity contribution in [3.8, 4) is 0 Å². The molecule has 1 saturated heterocycles. The summed E-state index contributed by atoms with van der Waals surface area (Å²) >= 11 is 0. The van der Waals surface area contributed by atoms with E-state index in [1.165, 1.54) is 77.0 Å². The summed E-state index contributed by atoms with van der Waals surface area (Å²) in [7, 11) is 0. The van der Waals surface area contributed by atoms with Gasteiger partial charge in [-0.15, -0.1) is 0 Å². The molecule has 0 saturated carbocycles. The van der Waals surface area contributed by atoms with Gasteiger partial charge < -0.3 is 39.0 Å². The van der Waals surface area contributed by atoms with E-state index in [1.807, 2.05) is 0 Å². The summed E-state index contributed by atoms with van der Waals surface area (Å²) in [6.45, 7) is 5.84. The average Bonchev–Trinajstić information content (AvgIpc) is 3.37. The van der Waals surface area contributed by atoms with Crippen LogP contribution in [0.5, 0.6) is 0 Å². The summed E-state index contributed by atoms with van der Waals surface area (Å²) in [5.41, 5.74) is 0. The van der Waals surface area contributed by atoms with Crippen molar-refractivity contribution in [3.63, 3.8) is 0 Å². The van der Waals surface area contributed by atoms with Crippen LogP contribution in [0.2, 0.25) is 0 Å². The Labute approximate surface area is 443 Å². The lowest BCUT2D eigenvalue weighted by Gasteiger charge is -2.40. The Bertz CT molecular complexity index is 1500. The average molecular weight is 1030 g/mol. The van der Waals surface area contributed by atoms with Gasteiger partial charge in [-0.3, -0.25) is 14.4 Å². The molecule has 0 radical (unpaired) electrons. The van der Waals surface area contributed by atoms with Crippen LogP contribution in [0, 0.1) is 0 Å². The molecule has 1 rings (SSSR count). The molecule has 1 aliphatic heterocycles. The first-order valence-corrected chi connectivity index (χ1v) is 29.3. The monoisotopic (exact) mass is 1030 g/mol. The van der Waals surface area contributed by atoms with E-state index in [-0.39, 0.29) is 25.9 Å². The number of carboxylic acids is 1. The van der Waals surface area contributed by atoms with E-state index >= 15 is 0 Å². The number of aliphatic hydroxyl groups excluding tert-OH is 2. The van der Waals surface area contributed by atoms with Gasteiger partial charge in [-0.25, -0.2) is 4.79 Å². The van der Waals surface area contributed by atoms with Crippen LogP contribution in [0.25, 0.3) is 0 Å². The number of aliphatic carboxylic acids is 1. The number of carboxylic acid groups (broad SMARTS) is 1. The van der Waals surface area contributed by atoms with Gasteiger partial charge in [0.25, 0.3) is 0 Å². The Balaban J connectivity index is 2.71. The number of carbonyl (C=O) groups excluding carboxylic acids is 3. The second-order valence-electron chi connectivity index (χ2n) is 19.9. The lowest BCUT2D eigenvalue weighted by atomic mass is 9.98. The third-order valence-electron chi connectivity index (χ3n) is 13.1. The van der Waals surface area contributed by atoms with Gasteiger partial charge in [0.1, 0.15) is 18.8 Å². The molecule has 0 aromatic heterocycles. The maximum Gasteiger partial charge on any atom is 0.335 e. The molecule has 1 fully saturated rings. The molecule has 12 heteroatoms. The van der Waals surface area contributed by atoms with Crippen LogP contribution in [0.15, 0.2) is 60.8 Å². The second-order valence-corrected chi connectivity index (χ2v) is 19.9. The molecule has 1 heterocycles. The molecule has 12 nitrogen and oxygen atoms in total. The summed E-state index contributed by atoms with van der Waals surface area (Å²) in [5, 5.41) is 31.4. The van der Waals surface area contributed by atoms with E-state index in [4.69, 9.17) is 23.7 Å². The van der Waals surface area contributed by atoms with E-state index in [9.17, 15) is 34.5 Å². The molecular weight excluding hydrogens is 925 g/mol. The highest BCUT2D eigenvalue weighted by Crippen LogP contribution is 2.26. The van der Waals surface area contributed by atoms with Crippen molar-refractivity contribution >= 4 is 23.9 Å². The zero-order chi connectivity index (χ0) is 53.3. The lowest BCUT2D eigenvalue weighted by molar-refractivity contribution is -0.301. The minimum atomic E-state index is -1.90. The van der Waals surface area contributed by atoms with Crippen LogP contribution in [0.1, 0.15) is 252 Å². The van der Waals surface area contributed by atoms with Crippen LogP contribution in [-0.2, 0) is 42.9 Å². The molecule has 73 heavy (non-hydrogen) atoms. The van der Waals surface area contributed by atoms with E-state index in [0.717, 1.165) is 116 Å². The highest BCUT2D eigenvalue weighted by Gasteiger charge is 2.50. The van der Waals surface area contributed by atoms with Crippen LogP contribution in [0.4, 0.5) is 0 Å². The molecular formula is C61H104O12. The van der Waals surface area contributed by atoms with Crippen molar-refractivity contribution in [3.05, 3.63) is 60.8 Å². The number of rotatable bonds is 49. The molecule has 1 aliphatic rings. The first kappa shape index (κ1) is 67.4. The largest absolute Gasteiger partial charge is 0.479 e. The van der Waals surface area contributed by atoms with Gasteiger partial charge in [-0.1, -0.05) is 210 Å². The molecule has 0 aromatic carbocycles. The van der Waals surface area contributed by atoms with Crippen molar-refractivity contribution < 1.29 is 58.2 Å². The van der Waals surface area contributed by atoms with Gasteiger partial charge in [-0.05, 0) is 83.5 Å². The smallest absolute Gasteiger partial charge is 0.335 e. The number of allylic oxidation sites excluding steroid dienone is 10. The number of hydrogen-bond donors (Lipinski definition) is 3. The Morgan fingerprint density at radius 2 is 0.863 bits per heavy atom. The summed E-state index contributed by atoms with van der Waals surface area (Å²) in [6, 6.07) is 0. The van der Waals surface area contributed by atoms with Crippen molar-refractivity contribution in [2.45, 2.75) is 289 Å². The first-order chi connectivity index (χ1) is 35.6. The van der Waals surface area contributed by atoms with Crippen LogP contribution in [-0.4, -0.2) is 89.2 Å². The minimum absolute atomic E-state index is 0.0588. The number of esters is 3. The van der Waals surface area contributed by atoms with Gasteiger partial charge >= 0.3 is 23.9 Å². The van der Waals surface area contributed by atoms with Crippen molar-refractivity contribution in [2.24, 2.45) is 0 Å². The zero-order valence-corrected chi connectivity index (χ0v) is 46.1. The third kappa shape index (κ3) is 39.5. The number of carbonyl (C=O) groups is 4. The fraction of sp³-hybridized carbons (Fsp3) is 0.770. The minimum Gasteiger partial charge on any atom is -0.479 e. The Morgan fingerprint density at radius 3 is 1.33 bits per heavy atom. The number of ether oxygens (including phenoxy) is 5. The normalized spacial score (nSPS) is 18.7. The summed E-state index contributed by atoms with van der Waals surface area (Å²) in [4.78, 5) is 51.0. The van der Waals surface area contributed by atoms with Crippen molar-refractivity contribution in [2.75, 3.05) is 13.2 Å². The summed E-state index contributed by atoms with van der Waals surface area (Å²) in [6.07, 6.45) is 47.7. The topological polar surface area (TPSA) is 175 Å². The fourth-order valence-corrected chi connectivity index (χ4v) is 8.59. The molecule has 0 aliphatic carbocycles. The molecule has 6 unspecified atom stereocenters. The molecule has 3 N–H and O–H groups in total. The Morgan fingerprint density at radius 1 is 0.466 bits per heavy atom. The first-order valence-electron chi connectivity index (χ1n) is 29.3. The molecule has 6 atom stereocenters. The van der Waals surface area contributed by atoms with Crippen molar-refractivity contribution in [1.29, 1.82) is 0 Å². The van der Waals surface area contributed by atoms with Gasteiger partial charge in [0, 0.05) is 19.3 Å². The van der Waals surface area contributed by atoms with E-state index < -0.39 is 67.3 Å². The molecule has 0 bridgehead atoms. The molecule has 0 aromatic rings. The van der Waals surface area contributed by atoms with Gasteiger partial charge in [0.15, 0.2) is 24.6 Å². The second kappa shape index (κ2) is 49.3. The summed E-state index contributed by atoms with van der Waals surface area (Å²) < 4.78 is 28.4. The standard InChI is InChI=1S/C61H104O12/c1-4-7-10-13-16-19-22-24-26-27-29-30-33-35-38-41-44-47-53(62)69-50-52(71-54(63)48-45-42-39-37-34-31-28-25-23-20-17-14-11-8-5-2)51-70-61-59(57(66)56(65)58(73-61)60(67)68)72-55(64)49-46-43-40-36-32-21-18-15-12-9-6-3/h7,10,16,19,24-26,28-30,52,56-59,61,65-66H,4-6,8-9,11-15,17-18,20-23,27,31-51H2,1-3H3,(H,67,68)/b10-7-,19-16-,26-24-,28-25-,30-29-. The predicted molar refractivity (Wildman–Crippen MR) is 294 cm³/mol. The van der Waals surface area contributed by atoms with Crippen LogP contribution >= 0.6 is 0 Å². The number of hydrogen-bond acceptors (Lipinski definition) is 11. The van der Waals surface area contributed by atoms with Gasteiger partial charge in [0.2, 0.25) is 0 Å². The quantitative estimate of drug-likeness (QED) is 0.0228. The number of unbranched alkanes of at least 4 members (excludes halogenated alkanes) is 25. The fourth-order valence-electron chi connectivity index (χ4n) is 8.59. The zero-order valence-electron chi connectivity index (χ0n) is 46.1. The molecule has 0 amide bonds.